The summed E-state index contributed by atoms with van der Waals surface area (Å²) in [5.74, 6) is -3.69. The first-order valence-corrected chi connectivity index (χ1v) is 24.2. The highest BCUT2D eigenvalue weighted by Crippen LogP contribution is 2.57. The quantitative estimate of drug-likeness (QED) is 0.0352. The van der Waals surface area contributed by atoms with Crippen LogP contribution in [0, 0.1) is 5.82 Å². The summed E-state index contributed by atoms with van der Waals surface area (Å²) in [7, 11) is 0. The highest BCUT2D eigenvalue weighted by atomic mass is 19.4. The summed E-state index contributed by atoms with van der Waals surface area (Å²) in [5, 5.41) is 17.2. The van der Waals surface area contributed by atoms with Gasteiger partial charge in [-0.25, -0.2) is 14.2 Å². The second kappa shape index (κ2) is 20.6. The minimum atomic E-state index is -5.17. The summed E-state index contributed by atoms with van der Waals surface area (Å²) in [6.45, 7) is 1.83. The van der Waals surface area contributed by atoms with E-state index >= 15 is 4.39 Å². The van der Waals surface area contributed by atoms with Crippen LogP contribution in [0.15, 0.2) is 138 Å². The molecule has 1 spiro atoms. The third kappa shape index (κ3) is 10.2. The molecule has 4 heterocycles. The molecule has 10 rings (SSSR count). The number of fused-ring (bicyclic) bond motifs is 7. The molecule has 0 fully saturated rings. The number of aromatic amines is 1. The average Bonchev–Trinajstić information content (AvgIpc) is 3.90. The zero-order valence-electron chi connectivity index (χ0n) is 40.5. The maximum atomic E-state index is 15.4. The predicted molar refractivity (Wildman–Crippen MR) is 271 cm³/mol. The lowest BCUT2D eigenvalue weighted by Crippen LogP contribution is -2.34. The number of rotatable bonds is 16. The number of alkyl halides is 3. The number of imidazole rings is 1. The standard InChI is InChI=1S/C57H46F4N6O9/c1-32(68)63-37-15-20-41-49(29-37)75-50-30-38(64-55(73)57(59,60)61)16-21-42(50)56(41)43-28-36(14-19-40(43)54(72)76-56)52(70)62-23-7-2-3-8-24-74-48-22-11-34(25-44(48)58)27-46-53(71)67-31-47(35-12-17-39(69)18-13-35)65-45(51(67)66-46)26-33-9-5-4-6-10-33/h4-6,9-22,25,28-31,65,69H,2-3,7-8,23-24,26-27H2,1H3,(H,62,70)(H,63,68)(H,64,73). The van der Waals surface area contributed by atoms with E-state index in [4.69, 9.17) is 19.2 Å². The van der Waals surface area contributed by atoms with Gasteiger partial charge in [-0.15, -0.1) is 0 Å². The first-order valence-electron chi connectivity index (χ1n) is 24.2. The largest absolute Gasteiger partial charge is 0.508 e. The van der Waals surface area contributed by atoms with Crippen molar-refractivity contribution in [3.05, 3.63) is 200 Å². The molecule has 5 N–H and O–H groups in total. The molecule has 4 aliphatic heterocycles. The van der Waals surface area contributed by atoms with Crippen molar-refractivity contribution in [2.24, 2.45) is 0 Å². The second-order valence-electron chi connectivity index (χ2n) is 18.4. The summed E-state index contributed by atoms with van der Waals surface area (Å²) < 4.78 is 74.4. The van der Waals surface area contributed by atoms with Gasteiger partial charge in [0, 0.05) is 78.3 Å². The van der Waals surface area contributed by atoms with Crippen molar-refractivity contribution in [1.82, 2.24) is 19.9 Å². The number of aromatic nitrogens is 3. The lowest BCUT2D eigenvalue weighted by atomic mass is 9.77. The molecule has 0 saturated heterocycles. The van der Waals surface area contributed by atoms with Crippen molar-refractivity contribution in [2.75, 3.05) is 23.8 Å². The van der Waals surface area contributed by atoms with Crippen molar-refractivity contribution in [1.29, 1.82) is 0 Å². The number of hydrogen-bond donors (Lipinski definition) is 5. The average molecular weight is 1040 g/mol. The Balaban J connectivity index is 0.753. The molecule has 1 atom stereocenters. The Morgan fingerprint density at radius 1 is 0.776 bits per heavy atom. The fraction of sp³-hybridized carbons (Fsp3) is 0.193. The summed E-state index contributed by atoms with van der Waals surface area (Å²) >= 11 is 0. The van der Waals surface area contributed by atoms with E-state index in [9.17, 15) is 42.3 Å². The van der Waals surface area contributed by atoms with Crippen molar-refractivity contribution in [3.63, 3.8) is 0 Å². The maximum Gasteiger partial charge on any atom is 0.471 e. The van der Waals surface area contributed by atoms with E-state index in [1.165, 1.54) is 60.0 Å². The van der Waals surface area contributed by atoms with E-state index in [2.05, 4.69) is 15.6 Å². The third-order valence-corrected chi connectivity index (χ3v) is 13.0. The van der Waals surface area contributed by atoms with E-state index in [0.29, 0.717) is 72.7 Å². The van der Waals surface area contributed by atoms with Gasteiger partial charge in [0.05, 0.1) is 23.6 Å². The van der Waals surface area contributed by atoms with Crippen molar-refractivity contribution in [2.45, 2.75) is 57.2 Å². The van der Waals surface area contributed by atoms with Crippen molar-refractivity contribution >= 4 is 35.1 Å². The molecule has 0 bridgehead atoms. The number of phenols is 1. The minimum Gasteiger partial charge on any atom is -0.508 e. The van der Waals surface area contributed by atoms with Gasteiger partial charge in [0.25, 0.3) is 11.5 Å². The first kappa shape index (κ1) is 50.3. The van der Waals surface area contributed by atoms with E-state index in [-0.39, 0.29) is 75.2 Å². The molecule has 4 aliphatic rings. The number of H-pyrrole nitrogens is 1. The zero-order valence-corrected chi connectivity index (χ0v) is 40.5. The normalized spacial score (nSPS) is 14.3. The smallest absolute Gasteiger partial charge is 0.471 e. The number of hydrogen-bond acceptors (Lipinski definition) is 10. The van der Waals surface area contributed by atoms with Gasteiger partial charge in [-0.3, -0.25) is 23.7 Å². The van der Waals surface area contributed by atoms with Crippen LogP contribution in [0.2, 0.25) is 0 Å². The van der Waals surface area contributed by atoms with E-state index in [1.807, 2.05) is 30.3 Å². The lowest BCUT2D eigenvalue weighted by Gasteiger charge is -2.37. The van der Waals surface area contributed by atoms with Crippen LogP contribution >= 0.6 is 0 Å². The lowest BCUT2D eigenvalue weighted by molar-refractivity contribution is -0.167. The summed E-state index contributed by atoms with van der Waals surface area (Å²) in [5.41, 5.74) is 3.01. The fourth-order valence-electron chi connectivity index (χ4n) is 9.46. The topological polar surface area (TPSA) is 203 Å². The number of nitrogens with one attached hydrogen (secondary N) is 4. The Hall–Kier alpha value is -9.26. The SMILES string of the molecule is CC(=O)Nc1ccc2c(c1)Oc1cc(NC(=O)C(F)(F)F)ccc1C21OC(=O)c2ccc(C(=O)NCCCCCCOc3ccc(Cc4nc5c(Cc6ccccc6)[nH]c(-c6ccc(O)cc6)cn-5c4=O)cc3F)cc21. The van der Waals surface area contributed by atoms with Crippen LogP contribution in [0.3, 0.4) is 0 Å². The molecular weight excluding hydrogens is 989 g/mol. The number of nitrogens with zero attached hydrogens (tertiary/aromatic N) is 2. The first-order chi connectivity index (χ1) is 36.5. The van der Waals surface area contributed by atoms with Crippen LogP contribution in [-0.2, 0) is 32.8 Å². The molecule has 0 saturated carbocycles. The van der Waals surface area contributed by atoms with Gasteiger partial charge in [0.1, 0.15) is 22.9 Å². The van der Waals surface area contributed by atoms with Gasteiger partial charge in [-0.1, -0.05) is 49.2 Å². The monoisotopic (exact) mass is 1030 g/mol. The van der Waals surface area contributed by atoms with Crippen LogP contribution in [0.5, 0.6) is 23.0 Å². The molecule has 76 heavy (non-hydrogen) atoms. The number of anilines is 2. The molecule has 0 radical (unpaired) electrons. The second-order valence-corrected chi connectivity index (χ2v) is 18.4. The number of carbonyl (C=O) groups excluding carboxylic acids is 4. The number of carbonyl (C=O) groups is 4. The highest BCUT2D eigenvalue weighted by molar-refractivity contribution is 6.01. The molecule has 19 heteroatoms. The molecule has 6 aromatic carbocycles. The van der Waals surface area contributed by atoms with Crippen LogP contribution in [-0.4, -0.2) is 62.7 Å². The molecule has 3 amide bonds. The Kier molecular flexibility index (Phi) is 13.6. The van der Waals surface area contributed by atoms with Crippen LogP contribution in [0.4, 0.5) is 28.9 Å². The van der Waals surface area contributed by atoms with Gasteiger partial charge in [-0.2, -0.15) is 13.2 Å². The van der Waals surface area contributed by atoms with Crippen LogP contribution < -0.4 is 31.0 Å². The van der Waals surface area contributed by atoms with Gasteiger partial charge in [0.15, 0.2) is 23.0 Å². The predicted octanol–water partition coefficient (Wildman–Crippen LogP) is 10.1. The van der Waals surface area contributed by atoms with E-state index < -0.39 is 41.3 Å². The van der Waals surface area contributed by atoms with E-state index in [1.54, 1.807) is 54.0 Å². The minimum absolute atomic E-state index is 0.0528. The summed E-state index contributed by atoms with van der Waals surface area (Å²) in [6, 6.07) is 33.7. The van der Waals surface area contributed by atoms with Crippen molar-refractivity contribution in [3.8, 4) is 40.1 Å². The number of benzene rings is 6. The molecular formula is C57H46F4N6O9. The van der Waals surface area contributed by atoms with Gasteiger partial charge in [-0.05, 0) is 108 Å². The van der Waals surface area contributed by atoms with Gasteiger partial charge in [0.2, 0.25) is 5.91 Å². The molecule has 0 aromatic heterocycles. The number of aromatic hydroxyl groups is 1. The Morgan fingerprint density at radius 2 is 1.49 bits per heavy atom. The third-order valence-electron chi connectivity index (χ3n) is 13.0. The number of unbranched alkanes of at least 4 members (excludes halogenated alkanes) is 3. The summed E-state index contributed by atoms with van der Waals surface area (Å²) in [4.78, 5) is 72.8. The molecule has 6 aromatic rings. The number of amides is 3. The summed E-state index contributed by atoms with van der Waals surface area (Å²) in [6.07, 6.45) is -0.330. The molecule has 0 aliphatic carbocycles. The number of halogens is 4. The maximum absolute atomic E-state index is 15.4. The number of phenolic OH excluding ortho intramolecular Hbond substituents is 1. The molecule has 15 nitrogen and oxygen atoms in total. The molecule has 386 valence electrons. The van der Waals surface area contributed by atoms with Crippen LogP contribution in [0.1, 0.15) is 92.5 Å². The zero-order chi connectivity index (χ0) is 53.3. The van der Waals surface area contributed by atoms with Gasteiger partial charge >= 0.3 is 18.1 Å². The fourth-order valence-corrected chi connectivity index (χ4v) is 9.46. The van der Waals surface area contributed by atoms with E-state index in [0.717, 1.165) is 17.2 Å². The Bertz CT molecular complexity index is 3600. The van der Waals surface area contributed by atoms with Crippen LogP contribution in [0.25, 0.3) is 17.1 Å². The Morgan fingerprint density at radius 3 is 2.18 bits per heavy atom. The molecule has 1 unspecified atom stereocenters. The van der Waals surface area contributed by atoms with Crippen molar-refractivity contribution < 1.29 is 56.1 Å². The Labute approximate surface area is 430 Å². The highest BCUT2D eigenvalue weighted by Gasteiger charge is 2.54. The van der Waals surface area contributed by atoms with Gasteiger partial charge < -0.3 is 40.3 Å². The number of ether oxygens (including phenoxy) is 3. The number of esters is 1.